The Kier molecular flexibility index (Phi) is 7.91. The zero-order chi connectivity index (χ0) is 20.2. The van der Waals surface area contributed by atoms with Crippen molar-refractivity contribution in [2.24, 2.45) is 5.92 Å². The molecule has 0 heterocycles. The van der Waals surface area contributed by atoms with Gasteiger partial charge in [0.25, 0.3) is 0 Å². The Balaban J connectivity index is 2.33. The summed E-state index contributed by atoms with van der Waals surface area (Å²) in [5.74, 6) is 0.489. The molecule has 1 aliphatic rings. The van der Waals surface area contributed by atoms with Crippen LogP contribution in [0, 0.1) is 5.92 Å². The number of rotatable bonds is 9. The monoisotopic (exact) mass is 415 g/mol. The zero-order valence-electron chi connectivity index (χ0n) is 17.4. The number of benzene rings is 1. The lowest BCUT2D eigenvalue weighted by atomic mass is 9.57. The maximum Gasteiger partial charge on any atom is 0.146 e. The number of ether oxygens (including phenoxy) is 2. The molecule has 27 heavy (non-hydrogen) atoms. The first-order valence-electron chi connectivity index (χ1n) is 9.63. The van der Waals surface area contributed by atoms with E-state index in [1.807, 2.05) is 32.9 Å². The van der Waals surface area contributed by atoms with Crippen molar-refractivity contribution in [1.82, 2.24) is 4.72 Å². The summed E-state index contributed by atoms with van der Waals surface area (Å²) in [6, 6.07) is 8.18. The highest BCUT2D eigenvalue weighted by Gasteiger charge is 2.52. The zero-order valence-corrected chi connectivity index (χ0v) is 19.0. The van der Waals surface area contributed by atoms with E-state index in [0.717, 1.165) is 24.3 Å². The molecule has 6 heteroatoms. The van der Waals surface area contributed by atoms with Crippen molar-refractivity contribution in [2.75, 3.05) is 13.9 Å². The third-order valence-corrected chi connectivity index (χ3v) is 7.07. The first-order chi connectivity index (χ1) is 12.6. The molecule has 2 atom stereocenters. The normalized spacial score (nSPS) is 25.3. The van der Waals surface area contributed by atoms with Crippen LogP contribution in [0.25, 0.3) is 0 Å². The van der Waals surface area contributed by atoms with Gasteiger partial charge in [0.1, 0.15) is 6.79 Å². The van der Waals surface area contributed by atoms with Gasteiger partial charge in [-0.1, -0.05) is 37.6 Å². The molecule has 2 rings (SSSR count). The van der Waals surface area contributed by atoms with Crippen LogP contribution in [0.3, 0.4) is 0 Å². The Morgan fingerprint density at radius 3 is 2.33 bits per heavy atom. The standard InChI is InChI=1S/C21H34ClNO3S/c1-15(2)11-19(23-27(24)20(3,4)5)21(12-18(13-21)26-14-25-6)16-7-9-17(22)10-8-16/h7-10,15,18-19,23H,11-14H2,1-6H3/t18?,19?,21?,27-/m0/s1. The number of halogens is 1. The van der Waals surface area contributed by atoms with E-state index in [-0.39, 0.29) is 22.3 Å². The number of methoxy groups -OCH3 is 1. The number of nitrogens with one attached hydrogen (secondary N) is 1. The number of hydrogen-bond acceptors (Lipinski definition) is 3. The Labute approximate surface area is 171 Å². The van der Waals surface area contributed by atoms with Gasteiger partial charge >= 0.3 is 0 Å². The Bertz CT molecular complexity index is 621. The van der Waals surface area contributed by atoms with E-state index in [4.69, 9.17) is 21.1 Å². The maximum absolute atomic E-state index is 12.9. The second-order valence-electron chi connectivity index (χ2n) is 8.95. The van der Waals surface area contributed by atoms with E-state index in [1.165, 1.54) is 5.56 Å². The fourth-order valence-electron chi connectivity index (χ4n) is 3.70. The maximum atomic E-state index is 12.9. The fourth-order valence-corrected chi connectivity index (χ4v) is 4.76. The first kappa shape index (κ1) is 22.8. The largest absolute Gasteiger partial charge is 0.359 e. The lowest BCUT2D eigenvalue weighted by molar-refractivity contribution is -0.127. The van der Waals surface area contributed by atoms with E-state index in [1.54, 1.807) is 7.11 Å². The van der Waals surface area contributed by atoms with Crippen molar-refractivity contribution in [3.63, 3.8) is 0 Å². The molecule has 154 valence electrons. The summed E-state index contributed by atoms with van der Waals surface area (Å²) in [7, 11) is 0.505. The van der Waals surface area contributed by atoms with E-state index in [2.05, 4.69) is 30.7 Å². The highest BCUT2D eigenvalue weighted by atomic mass is 35.5. The smallest absolute Gasteiger partial charge is 0.146 e. The summed E-state index contributed by atoms with van der Waals surface area (Å²) in [4.78, 5) is 0. The van der Waals surface area contributed by atoms with E-state index in [0.29, 0.717) is 12.7 Å². The van der Waals surface area contributed by atoms with Gasteiger partial charge in [-0.25, -0.2) is 8.93 Å². The van der Waals surface area contributed by atoms with Crippen molar-refractivity contribution in [3.05, 3.63) is 34.9 Å². The van der Waals surface area contributed by atoms with Gasteiger partial charge in [-0.2, -0.15) is 0 Å². The molecule has 4 nitrogen and oxygen atoms in total. The third-order valence-electron chi connectivity index (χ3n) is 5.20. The van der Waals surface area contributed by atoms with Gasteiger partial charge < -0.3 is 9.47 Å². The van der Waals surface area contributed by atoms with E-state index < -0.39 is 11.0 Å². The van der Waals surface area contributed by atoms with Gasteiger partial charge in [0.05, 0.1) is 21.8 Å². The lowest BCUT2D eigenvalue weighted by Gasteiger charge is -2.53. The SMILES string of the molecule is COCOC1CC(c2ccc(Cl)cc2)(C(CC(C)C)N[S@@](=O)C(C)(C)C)C1. The molecule has 1 aliphatic carbocycles. The first-order valence-corrected chi connectivity index (χ1v) is 11.2. The van der Waals surface area contributed by atoms with Gasteiger partial charge in [0, 0.05) is 23.6 Å². The summed E-state index contributed by atoms with van der Waals surface area (Å²) >= 11 is 6.12. The molecule has 1 saturated carbocycles. The second kappa shape index (κ2) is 9.36. The molecular formula is C21H34ClNO3S. The van der Waals surface area contributed by atoms with Gasteiger partial charge in [-0.15, -0.1) is 0 Å². The highest BCUT2D eigenvalue weighted by molar-refractivity contribution is 7.84. The van der Waals surface area contributed by atoms with Crippen LogP contribution in [0.15, 0.2) is 24.3 Å². The average Bonchev–Trinajstić information content (AvgIpc) is 2.53. The van der Waals surface area contributed by atoms with Crippen LogP contribution >= 0.6 is 11.6 Å². The number of hydrogen-bond donors (Lipinski definition) is 1. The van der Waals surface area contributed by atoms with Crippen LogP contribution in [0.2, 0.25) is 5.02 Å². The summed E-state index contributed by atoms with van der Waals surface area (Å²) in [5, 5.41) is 0.729. The van der Waals surface area contributed by atoms with Crippen LogP contribution in [0.5, 0.6) is 0 Å². The lowest BCUT2D eigenvalue weighted by Crippen LogP contribution is -2.60. The van der Waals surface area contributed by atoms with Gasteiger partial charge in [0.2, 0.25) is 0 Å². The molecule has 0 amide bonds. The van der Waals surface area contributed by atoms with Crippen molar-refractivity contribution >= 4 is 22.6 Å². The van der Waals surface area contributed by atoms with Crippen molar-refractivity contribution in [1.29, 1.82) is 0 Å². The van der Waals surface area contributed by atoms with Crippen molar-refractivity contribution < 1.29 is 13.7 Å². The summed E-state index contributed by atoms with van der Waals surface area (Å²) < 4.78 is 26.9. The van der Waals surface area contributed by atoms with Crippen LogP contribution in [0.1, 0.15) is 59.4 Å². The minimum Gasteiger partial charge on any atom is -0.359 e. The Hall–Kier alpha value is -0.460. The topological polar surface area (TPSA) is 47.6 Å². The molecule has 1 N–H and O–H groups in total. The summed E-state index contributed by atoms with van der Waals surface area (Å²) in [6.07, 6.45) is 2.86. The molecule has 1 unspecified atom stereocenters. The molecule has 1 aromatic rings. The van der Waals surface area contributed by atoms with E-state index >= 15 is 0 Å². The molecule has 0 bridgehead atoms. The summed E-state index contributed by atoms with van der Waals surface area (Å²) in [5.41, 5.74) is 1.11. The molecule has 0 aliphatic heterocycles. The molecule has 0 aromatic heterocycles. The third kappa shape index (κ3) is 5.77. The quantitative estimate of drug-likeness (QED) is 0.587. The molecule has 0 radical (unpaired) electrons. The van der Waals surface area contributed by atoms with Crippen molar-refractivity contribution in [2.45, 2.75) is 76.2 Å². The van der Waals surface area contributed by atoms with Crippen molar-refractivity contribution in [3.8, 4) is 0 Å². The molecule has 1 aromatic carbocycles. The van der Waals surface area contributed by atoms with Gasteiger partial charge in [0.15, 0.2) is 0 Å². The van der Waals surface area contributed by atoms with Crippen LogP contribution < -0.4 is 4.72 Å². The predicted octanol–water partition coefficient (Wildman–Crippen LogP) is 4.83. The molecule has 0 spiro atoms. The fraction of sp³-hybridized carbons (Fsp3) is 0.714. The average molecular weight is 416 g/mol. The van der Waals surface area contributed by atoms with Gasteiger partial charge in [-0.05, 0) is 63.6 Å². The van der Waals surface area contributed by atoms with Crippen LogP contribution in [-0.2, 0) is 25.9 Å². The minimum atomic E-state index is -1.13. The summed E-state index contributed by atoms with van der Waals surface area (Å²) in [6.45, 7) is 10.7. The highest BCUT2D eigenvalue weighted by Crippen LogP contribution is 2.49. The molecule has 0 saturated heterocycles. The van der Waals surface area contributed by atoms with E-state index in [9.17, 15) is 4.21 Å². The Morgan fingerprint density at radius 2 is 1.85 bits per heavy atom. The predicted molar refractivity (Wildman–Crippen MR) is 113 cm³/mol. The molecular weight excluding hydrogens is 382 g/mol. The van der Waals surface area contributed by atoms with Crippen LogP contribution in [-0.4, -0.2) is 35.0 Å². The Morgan fingerprint density at radius 1 is 1.26 bits per heavy atom. The van der Waals surface area contributed by atoms with Crippen LogP contribution in [0.4, 0.5) is 0 Å². The minimum absolute atomic E-state index is 0.0983. The van der Waals surface area contributed by atoms with Gasteiger partial charge in [-0.3, -0.25) is 0 Å². The molecule has 1 fully saturated rings. The second-order valence-corrected chi connectivity index (χ2v) is 11.4.